The van der Waals surface area contributed by atoms with Crippen molar-refractivity contribution in [2.75, 3.05) is 77.5 Å². The lowest BCUT2D eigenvalue weighted by atomic mass is 9.93. The van der Waals surface area contributed by atoms with Gasteiger partial charge in [0.2, 0.25) is 0 Å². The minimum Gasteiger partial charge on any atom is -0.494 e. The Morgan fingerprint density at radius 3 is 2.20 bits per heavy atom. The summed E-state index contributed by atoms with van der Waals surface area (Å²) in [6, 6.07) is 7.62. The van der Waals surface area contributed by atoms with Crippen LogP contribution in [0, 0.1) is 5.82 Å². The first-order chi connectivity index (χ1) is 20.8. The number of nitrogens with zero attached hydrogens (tertiary/aromatic N) is 7. The van der Waals surface area contributed by atoms with E-state index in [4.69, 9.17) is 9.47 Å². The zero-order valence-corrected chi connectivity index (χ0v) is 25.5. The molecule has 0 atom stereocenters. The van der Waals surface area contributed by atoms with E-state index in [1.165, 1.54) is 17.7 Å². The molecule has 0 unspecified atom stereocenters. The first kappa shape index (κ1) is 31.8. The molecule has 2 aromatic heterocycles. The summed E-state index contributed by atoms with van der Waals surface area (Å²) in [5.74, 6) is 0.153. The molecule has 5 rings (SSSR count). The molecule has 0 N–H and O–H groups in total. The highest BCUT2D eigenvalue weighted by Crippen LogP contribution is 2.33. The summed E-state index contributed by atoms with van der Waals surface area (Å²) in [6.45, 7) is 11.8. The monoisotopic (exact) mass is 621 g/mol. The van der Waals surface area contributed by atoms with E-state index in [-0.39, 0.29) is 29.2 Å². The number of hydrogen-bond acceptors (Lipinski definition) is 8. The van der Waals surface area contributed by atoms with Crippen molar-refractivity contribution in [1.82, 2.24) is 29.3 Å². The second kappa shape index (κ2) is 12.8. The smallest absolute Gasteiger partial charge is 0.433 e. The molecule has 1 amide bonds. The van der Waals surface area contributed by atoms with Gasteiger partial charge in [-0.15, -0.1) is 0 Å². The van der Waals surface area contributed by atoms with E-state index in [0.29, 0.717) is 50.8 Å². The SMILES string of the molecule is COc1ccc(CN2CCN(CCOC(=O)N3CCN(c4cc(C(F)(F)F)nc5cc(C(C)(C)C)nn45)CC3)CC2)cc1F. The normalized spacial score (nSPS) is 17.4. The number of alkyl halides is 3. The Kier molecular flexibility index (Phi) is 9.21. The minimum absolute atomic E-state index is 0.136. The van der Waals surface area contributed by atoms with E-state index in [9.17, 15) is 22.4 Å². The number of anilines is 1. The molecule has 1 aromatic carbocycles. The quantitative estimate of drug-likeness (QED) is 0.362. The molecular weight excluding hydrogens is 582 g/mol. The van der Waals surface area contributed by atoms with Gasteiger partial charge >= 0.3 is 12.3 Å². The van der Waals surface area contributed by atoms with Crippen molar-refractivity contribution < 1.29 is 31.8 Å². The Balaban J connectivity index is 1.09. The van der Waals surface area contributed by atoms with E-state index in [1.807, 2.05) is 26.8 Å². The van der Waals surface area contributed by atoms with Gasteiger partial charge in [0, 0.05) is 83.0 Å². The number of hydrogen-bond donors (Lipinski definition) is 0. The van der Waals surface area contributed by atoms with Crippen LogP contribution in [0.2, 0.25) is 0 Å². The molecule has 2 saturated heterocycles. The fourth-order valence-corrected chi connectivity index (χ4v) is 5.40. The van der Waals surface area contributed by atoms with E-state index in [2.05, 4.69) is 19.9 Å². The Morgan fingerprint density at radius 2 is 1.59 bits per heavy atom. The highest BCUT2D eigenvalue weighted by Gasteiger charge is 2.35. The third-order valence-corrected chi connectivity index (χ3v) is 8.05. The van der Waals surface area contributed by atoms with Gasteiger partial charge < -0.3 is 19.3 Å². The number of carbonyl (C=O) groups is 1. The molecule has 0 bridgehead atoms. The minimum atomic E-state index is -4.60. The molecule has 0 spiro atoms. The molecule has 0 saturated carbocycles. The van der Waals surface area contributed by atoms with Crippen molar-refractivity contribution in [2.24, 2.45) is 0 Å². The predicted octanol–water partition coefficient (Wildman–Crippen LogP) is 4.27. The first-order valence-corrected chi connectivity index (χ1v) is 14.7. The van der Waals surface area contributed by atoms with Crippen molar-refractivity contribution in [2.45, 2.75) is 38.9 Å². The number of fused-ring (bicyclic) bond motifs is 1. The van der Waals surface area contributed by atoms with Crippen molar-refractivity contribution >= 4 is 17.6 Å². The van der Waals surface area contributed by atoms with Gasteiger partial charge in [0.1, 0.15) is 12.4 Å². The van der Waals surface area contributed by atoms with E-state index >= 15 is 0 Å². The number of benzene rings is 1. The topological polar surface area (TPSA) is 78.7 Å². The number of rotatable bonds is 7. The summed E-state index contributed by atoms with van der Waals surface area (Å²) in [6.07, 6.45) is -5.04. The lowest BCUT2D eigenvalue weighted by Gasteiger charge is -2.36. The molecule has 3 aromatic rings. The van der Waals surface area contributed by atoms with Crippen LogP contribution in [0.5, 0.6) is 5.75 Å². The Labute approximate surface area is 254 Å². The summed E-state index contributed by atoms with van der Waals surface area (Å²) < 4.78 is 67.0. The molecular formula is C30H39F4N7O3. The fourth-order valence-electron chi connectivity index (χ4n) is 5.40. The summed E-state index contributed by atoms with van der Waals surface area (Å²) in [5.41, 5.74) is 0.327. The molecule has 44 heavy (non-hydrogen) atoms. The highest BCUT2D eigenvalue weighted by atomic mass is 19.4. The summed E-state index contributed by atoms with van der Waals surface area (Å²) in [5, 5.41) is 4.57. The van der Waals surface area contributed by atoms with E-state index in [0.717, 1.165) is 37.8 Å². The van der Waals surface area contributed by atoms with E-state index < -0.39 is 18.0 Å². The van der Waals surface area contributed by atoms with Crippen LogP contribution in [0.4, 0.5) is 28.2 Å². The summed E-state index contributed by atoms with van der Waals surface area (Å²) >= 11 is 0. The third-order valence-electron chi connectivity index (χ3n) is 8.05. The van der Waals surface area contributed by atoms with E-state index in [1.54, 1.807) is 21.9 Å². The maximum atomic E-state index is 14.0. The number of carbonyl (C=O) groups excluding carboxylic acids is 1. The molecule has 0 aliphatic carbocycles. The van der Waals surface area contributed by atoms with Crippen LogP contribution in [0.3, 0.4) is 0 Å². The van der Waals surface area contributed by atoms with Crippen LogP contribution < -0.4 is 9.64 Å². The second-order valence-corrected chi connectivity index (χ2v) is 12.2. The van der Waals surface area contributed by atoms with Crippen molar-refractivity contribution in [1.29, 1.82) is 0 Å². The molecule has 10 nitrogen and oxygen atoms in total. The number of aromatic nitrogens is 3. The van der Waals surface area contributed by atoms with Gasteiger partial charge in [-0.1, -0.05) is 26.8 Å². The zero-order valence-electron chi connectivity index (χ0n) is 25.5. The number of amides is 1. The summed E-state index contributed by atoms with van der Waals surface area (Å²) in [4.78, 5) is 24.4. The highest BCUT2D eigenvalue weighted by molar-refractivity contribution is 5.68. The van der Waals surface area contributed by atoms with Gasteiger partial charge in [0.05, 0.1) is 12.8 Å². The molecule has 2 aliphatic rings. The van der Waals surface area contributed by atoms with Crippen LogP contribution in [0.25, 0.3) is 5.65 Å². The van der Waals surface area contributed by atoms with Gasteiger partial charge in [-0.3, -0.25) is 9.80 Å². The standard InChI is InChI=1S/C30H39F4N7O3/c1-29(2,3)24-18-26-35-25(30(32,33)34)19-27(41(26)36-24)39-11-13-40(14-12-39)28(42)44-16-15-37-7-9-38(10-8-37)20-21-5-6-23(43-4)22(31)17-21/h5-6,17-19H,7-16,20H2,1-4H3. The van der Waals surface area contributed by atoms with Gasteiger partial charge in [-0.05, 0) is 17.7 Å². The number of piperazine rings is 2. The Hall–Kier alpha value is -3.65. The largest absolute Gasteiger partial charge is 0.494 e. The zero-order chi connectivity index (χ0) is 31.6. The van der Waals surface area contributed by atoms with Crippen molar-refractivity contribution in [3.63, 3.8) is 0 Å². The van der Waals surface area contributed by atoms with Crippen LogP contribution in [-0.4, -0.2) is 108 Å². The summed E-state index contributed by atoms with van der Waals surface area (Å²) in [7, 11) is 1.44. The lowest BCUT2D eigenvalue weighted by molar-refractivity contribution is -0.141. The second-order valence-electron chi connectivity index (χ2n) is 12.2. The van der Waals surface area contributed by atoms with Gasteiger partial charge in [0.15, 0.2) is 22.9 Å². The molecule has 2 fully saturated rings. The van der Waals surface area contributed by atoms with Crippen LogP contribution in [0.1, 0.15) is 37.7 Å². The van der Waals surface area contributed by atoms with Gasteiger partial charge in [0.25, 0.3) is 0 Å². The molecule has 4 heterocycles. The van der Waals surface area contributed by atoms with Crippen molar-refractivity contribution in [3.05, 3.63) is 53.1 Å². The van der Waals surface area contributed by atoms with Crippen LogP contribution in [-0.2, 0) is 22.9 Å². The average Bonchev–Trinajstić information content (AvgIpc) is 3.43. The molecule has 240 valence electrons. The predicted molar refractivity (Wildman–Crippen MR) is 156 cm³/mol. The number of ether oxygens (including phenoxy) is 2. The van der Waals surface area contributed by atoms with Crippen molar-refractivity contribution in [3.8, 4) is 5.75 Å². The maximum Gasteiger partial charge on any atom is 0.433 e. The number of halogens is 4. The van der Waals surface area contributed by atoms with Crippen LogP contribution >= 0.6 is 0 Å². The Morgan fingerprint density at radius 1 is 0.909 bits per heavy atom. The van der Waals surface area contributed by atoms with Gasteiger partial charge in [-0.2, -0.15) is 22.8 Å². The average molecular weight is 622 g/mol. The third kappa shape index (κ3) is 7.34. The van der Waals surface area contributed by atoms with Gasteiger partial charge in [-0.25, -0.2) is 14.2 Å². The molecule has 0 radical (unpaired) electrons. The molecule has 2 aliphatic heterocycles. The van der Waals surface area contributed by atoms with Crippen LogP contribution in [0.15, 0.2) is 30.3 Å². The fraction of sp³-hybridized carbons (Fsp3) is 0.567. The Bertz CT molecular complexity index is 1460. The molecule has 14 heteroatoms. The lowest BCUT2D eigenvalue weighted by Crippen LogP contribution is -2.50. The maximum absolute atomic E-state index is 14.0. The number of methoxy groups -OCH3 is 1. The first-order valence-electron chi connectivity index (χ1n) is 14.7.